The van der Waals surface area contributed by atoms with Crippen molar-refractivity contribution in [3.8, 4) is 0 Å². The van der Waals surface area contributed by atoms with E-state index in [0.29, 0.717) is 23.8 Å². The van der Waals surface area contributed by atoms with Crippen LogP contribution < -0.4 is 15.5 Å². The van der Waals surface area contributed by atoms with Gasteiger partial charge in [0.1, 0.15) is 6.04 Å². The molecule has 1 aliphatic heterocycles. The molecule has 2 heterocycles. The zero-order valence-electron chi connectivity index (χ0n) is 13.9. The van der Waals surface area contributed by atoms with Gasteiger partial charge in [-0.15, -0.1) is 11.3 Å². The number of carbonyl (C=O) groups is 2. The summed E-state index contributed by atoms with van der Waals surface area (Å²) in [5.74, 6) is -0.130. The standard InChI is InChI=1S/C18H21N3O2S/c1-12-15-8-10-24-16(15)7-9-21(12)11-17(22)20-14-5-3-13(4-6-14)18(23)19-2/h3-6,8,10,12H,7,9,11H2,1-2H3,(H,19,23)(H,20,22)/p+1/t12-/m1/s1. The lowest BCUT2D eigenvalue weighted by Gasteiger charge is -2.29. The van der Waals surface area contributed by atoms with Crippen molar-refractivity contribution in [3.63, 3.8) is 0 Å². The average Bonchev–Trinajstić information content (AvgIpc) is 3.07. The van der Waals surface area contributed by atoms with Gasteiger partial charge in [-0.2, -0.15) is 0 Å². The van der Waals surface area contributed by atoms with Crippen molar-refractivity contribution < 1.29 is 14.5 Å². The fraction of sp³-hybridized carbons (Fsp3) is 0.333. The maximum atomic E-state index is 12.3. The Morgan fingerprint density at radius 2 is 2.00 bits per heavy atom. The van der Waals surface area contributed by atoms with E-state index >= 15 is 0 Å². The minimum absolute atomic E-state index is 0.00298. The Bertz CT molecular complexity index is 739. The minimum Gasteiger partial charge on any atom is -0.355 e. The topological polar surface area (TPSA) is 62.6 Å². The summed E-state index contributed by atoms with van der Waals surface area (Å²) in [7, 11) is 1.60. The molecule has 0 aliphatic carbocycles. The van der Waals surface area contributed by atoms with Gasteiger partial charge in [0.05, 0.1) is 6.54 Å². The maximum absolute atomic E-state index is 12.3. The van der Waals surface area contributed by atoms with Crippen LogP contribution in [0.4, 0.5) is 5.69 Å². The van der Waals surface area contributed by atoms with Crippen molar-refractivity contribution in [2.24, 2.45) is 0 Å². The number of thiophene rings is 1. The maximum Gasteiger partial charge on any atom is 0.279 e. The summed E-state index contributed by atoms with van der Waals surface area (Å²) in [5.41, 5.74) is 2.67. The van der Waals surface area contributed by atoms with E-state index in [1.165, 1.54) is 15.3 Å². The van der Waals surface area contributed by atoms with Crippen molar-refractivity contribution in [3.05, 3.63) is 51.7 Å². The summed E-state index contributed by atoms with van der Waals surface area (Å²) in [5, 5.41) is 7.64. The molecule has 1 unspecified atom stereocenters. The Hall–Kier alpha value is -2.18. The minimum atomic E-state index is -0.133. The van der Waals surface area contributed by atoms with Crippen LogP contribution in [0, 0.1) is 0 Å². The number of amides is 2. The molecule has 0 saturated carbocycles. The number of anilines is 1. The molecular formula is C18H22N3O2S+. The van der Waals surface area contributed by atoms with Crippen molar-refractivity contribution in [1.82, 2.24) is 5.32 Å². The van der Waals surface area contributed by atoms with E-state index < -0.39 is 0 Å². The summed E-state index contributed by atoms with van der Waals surface area (Å²) in [6.07, 6.45) is 1.04. The molecule has 2 amide bonds. The number of quaternary nitrogens is 1. The number of hydrogen-bond acceptors (Lipinski definition) is 3. The summed E-state index contributed by atoms with van der Waals surface area (Å²) < 4.78 is 0. The van der Waals surface area contributed by atoms with E-state index in [9.17, 15) is 9.59 Å². The second-order valence-electron chi connectivity index (χ2n) is 6.06. The van der Waals surface area contributed by atoms with E-state index in [-0.39, 0.29) is 11.8 Å². The summed E-state index contributed by atoms with van der Waals surface area (Å²) in [6, 6.07) is 9.47. The van der Waals surface area contributed by atoms with Crippen LogP contribution in [0.25, 0.3) is 0 Å². The SMILES string of the molecule is CNC(=O)c1ccc(NC(=O)C[NH+]2CCc3sccc3[C@H]2C)cc1. The van der Waals surface area contributed by atoms with E-state index in [0.717, 1.165) is 13.0 Å². The first-order valence-electron chi connectivity index (χ1n) is 8.11. The second kappa shape index (κ2) is 7.15. The fourth-order valence-electron chi connectivity index (χ4n) is 3.15. The van der Waals surface area contributed by atoms with Crippen LogP contribution in [0.3, 0.4) is 0 Å². The number of fused-ring (bicyclic) bond motifs is 1. The molecule has 126 valence electrons. The van der Waals surface area contributed by atoms with E-state index in [4.69, 9.17) is 0 Å². The molecule has 3 rings (SSSR count). The number of hydrogen-bond donors (Lipinski definition) is 3. The largest absolute Gasteiger partial charge is 0.355 e. The van der Waals surface area contributed by atoms with Crippen LogP contribution in [-0.4, -0.2) is 32.0 Å². The molecular weight excluding hydrogens is 322 g/mol. The Morgan fingerprint density at radius 1 is 1.25 bits per heavy atom. The normalized spacial score (nSPS) is 19.4. The molecule has 24 heavy (non-hydrogen) atoms. The van der Waals surface area contributed by atoms with Gasteiger partial charge in [0.2, 0.25) is 0 Å². The number of rotatable bonds is 4. The highest BCUT2D eigenvalue weighted by Crippen LogP contribution is 2.24. The van der Waals surface area contributed by atoms with Gasteiger partial charge < -0.3 is 15.5 Å². The van der Waals surface area contributed by atoms with Crippen molar-refractivity contribution in [1.29, 1.82) is 0 Å². The fourth-order valence-corrected chi connectivity index (χ4v) is 4.13. The molecule has 3 N–H and O–H groups in total. The number of carbonyl (C=O) groups excluding carboxylic acids is 2. The van der Waals surface area contributed by atoms with Gasteiger partial charge in [-0.05, 0) is 42.6 Å². The summed E-state index contributed by atoms with van der Waals surface area (Å²) in [6.45, 7) is 3.62. The molecule has 0 bridgehead atoms. The first-order chi connectivity index (χ1) is 11.6. The molecule has 0 radical (unpaired) electrons. The van der Waals surface area contributed by atoms with Gasteiger partial charge in [0.15, 0.2) is 6.54 Å². The quantitative estimate of drug-likeness (QED) is 0.782. The highest BCUT2D eigenvalue weighted by molar-refractivity contribution is 7.10. The van der Waals surface area contributed by atoms with Gasteiger partial charge >= 0.3 is 0 Å². The van der Waals surface area contributed by atoms with Crippen LogP contribution in [0.1, 0.15) is 33.8 Å². The van der Waals surface area contributed by atoms with Crippen LogP contribution in [0.5, 0.6) is 0 Å². The van der Waals surface area contributed by atoms with Crippen LogP contribution in [0.15, 0.2) is 35.7 Å². The van der Waals surface area contributed by atoms with Gasteiger partial charge in [0, 0.05) is 35.2 Å². The third-order valence-corrected chi connectivity index (χ3v) is 5.57. The van der Waals surface area contributed by atoms with Crippen LogP contribution in [-0.2, 0) is 11.2 Å². The highest BCUT2D eigenvalue weighted by Gasteiger charge is 2.29. The van der Waals surface area contributed by atoms with Crippen molar-refractivity contribution >= 4 is 28.8 Å². The third kappa shape index (κ3) is 3.49. The van der Waals surface area contributed by atoms with Crippen LogP contribution >= 0.6 is 11.3 Å². The Labute approximate surface area is 145 Å². The number of nitrogens with one attached hydrogen (secondary N) is 3. The molecule has 2 atom stereocenters. The van der Waals surface area contributed by atoms with Crippen LogP contribution in [0.2, 0.25) is 0 Å². The van der Waals surface area contributed by atoms with Crippen molar-refractivity contribution in [2.75, 3.05) is 25.5 Å². The predicted octanol–water partition coefficient (Wildman–Crippen LogP) is 1.25. The molecule has 0 spiro atoms. The lowest BCUT2D eigenvalue weighted by atomic mass is 10.0. The van der Waals surface area contributed by atoms with E-state index in [1.807, 2.05) is 11.3 Å². The smallest absolute Gasteiger partial charge is 0.279 e. The lowest BCUT2D eigenvalue weighted by Crippen LogP contribution is -3.14. The highest BCUT2D eigenvalue weighted by atomic mass is 32.1. The van der Waals surface area contributed by atoms with Gasteiger partial charge in [0.25, 0.3) is 11.8 Å². The van der Waals surface area contributed by atoms with E-state index in [2.05, 4.69) is 29.0 Å². The molecule has 0 fully saturated rings. The number of benzene rings is 1. The first kappa shape index (κ1) is 16.7. The van der Waals surface area contributed by atoms with Gasteiger partial charge in [-0.25, -0.2) is 0 Å². The lowest BCUT2D eigenvalue weighted by molar-refractivity contribution is -0.923. The molecule has 2 aromatic rings. The molecule has 5 nitrogen and oxygen atoms in total. The van der Waals surface area contributed by atoms with Gasteiger partial charge in [-0.1, -0.05) is 0 Å². The Kier molecular flexibility index (Phi) is 4.97. The zero-order valence-corrected chi connectivity index (χ0v) is 14.7. The third-order valence-electron chi connectivity index (χ3n) is 4.58. The zero-order chi connectivity index (χ0) is 17.1. The van der Waals surface area contributed by atoms with E-state index in [1.54, 1.807) is 31.3 Å². The second-order valence-corrected chi connectivity index (χ2v) is 7.06. The molecule has 6 heteroatoms. The summed E-state index contributed by atoms with van der Waals surface area (Å²) in [4.78, 5) is 26.6. The molecule has 0 saturated heterocycles. The first-order valence-corrected chi connectivity index (χ1v) is 8.99. The molecule has 1 aliphatic rings. The van der Waals surface area contributed by atoms with Gasteiger partial charge in [-0.3, -0.25) is 9.59 Å². The average molecular weight is 344 g/mol. The molecule has 1 aromatic heterocycles. The molecule has 1 aromatic carbocycles. The predicted molar refractivity (Wildman–Crippen MR) is 95.6 cm³/mol. The van der Waals surface area contributed by atoms with Crippen molar-refractivity contribution in [2.45, 2.75) is 19.4 Å². The Morgan fingerprint density at radius 3 is 2.71 bits per heavy atom. The summed E-state index contributed by atoms with van der Waals surface area (Å²) >= 11 is 1.81. The Balaban J connectivity index is 1.59. The monoisotopic (exact) mass is 344 g/mol.